The molecule has 2 aromatic carbocycles. The van der Waals surface area contributed by atoms with Gasteiger partial charge in [0.15, 0.2) is 0 Å². The van der Waals surface area contributed by atoms with Gasteiger partial charge in [-0.25, -0.2) is 4.98 Å². The number of hydrogen-bond donors (Lipinski definition) is 1. The molecule has 1 N–H and O–H groups in total. The van der Waals surface area contributed by atoms with Crippen molar-refractivity contribution in [1.82, 2.24) is 9.55 Å². The Morgan fingerprint density at radius 2 is 1.65 bits per heavy atom. The van der Waals surface area contributed by atoms with Crippen molar-refractivity contribution >= 4 is 27.5 Å². The van der Waals surface area contributed by atoms with E-state index < -0.39 is 12.5 Å². The molecule has 0 amide bonds. The monoisotopic (exact) mass is 362 g/mol. The second-order valence-corrected chi connectivity index (χ2v) is 6.70. The number of carbonyl (C=O) groups is 1. The molecule has 5 nitrogen and oxygen atoms in total. The Bertz CT molecular complexity index is 1150. The summed E-state index contributed by atoms with van der Waals surface area (Å²) in [6.07, 6.45) is 1.29. The van der Waals surface area contributed by atoms with Crippen LogP contribution in [0.4, 0.5) is 0 Å². The first-order valence-corrected chi connectivity index (χ1v) is 8.86. The van der Waals surface area contributed by atoms with Gasteiger partial charge in [0, 0.05) is 10.9 Å². The first-order valence-electron chi connectivity index (χ1n) is 7.98. The highest BCUT2D eigenvalue weighted by Crippen LogP contribution is 2.32. The van der Waals surface area contributed by atoms with Crippen LogP contribution in [0, 0.1) is 0 Å². The zero-order valence-electron chi connectivity index (χ0n) is 13.6. The van der Waals surface area contributed by atoms with E-state index in [-0.39, 0.29) is 5.56 Å². The molecule has 0 unspecified atom stereocenters. The lowest BCUT2D eigenvalue weighted by Crippen LogP contribution is -2.24. The Balaban J connectivity index is 1.79. The van der Waals surface area contributed by atoms with Gasteiger partial charge < -0.3 is 5.11 Å². The first kappa shape index (κ1) is 16.2. The largest absolute Gasteiger partial charge is 0.480 e. The van der Waals surface area contributed by atoms with Gasteiger partial charge in [0.25, 0.3) is 5.56 Å². The highest BCUT2D eigenvalue weighted by Gasteiger charge is 2.14. The molecule has 0 atom stereocenters. The van der Waals surface area contributed by atoms with Gasteiger partial charge in [-0.2, -0.15) is 0 Å². The number of aromatic nitrogens is 2. The Morgan fingerprint density at radius 3 is 2.35 bits per heavy atom. The summed E-state index contributed by atoms with van der Waals surface area (Å²) in [4.78, 5) is 28.4. The van der Waals surface area contributed by atoms with E-state index in [0.29, 0.717) is 10.2 Å². The minimum Gasteiger partial charge on any atom is -0.480 e. The van der Waals surface area contributed by atoms with Crippen molar-refractivity contribution < 1.29 is 9.90 Å². The molecule has 4 aromatic rings. The number of nitrogens with zero attached hydrogens (tertiary/aromatic N) is 2. The van der Waals surface area contributed by atoms with E-state index >= 15 is 0 Å². The second kappa shape index (κ2) is 6.57. The third kappa shape index (κ3) is 2.91. The molecule has 128 valence electrons. The molecule has 0 bridgehead atoms. The molecular formula is C20H14N2O3S. The standard InChI is InChI=1S/C20H14N2O3S/c23-17(24)10-22-12-21-19-18(20(22)25)16(11-26-19)15-8-6-14(7-9-15)13-4-2-1-3-5-13/h1-9,11-12H,10H2,(H,23,24). The normalized spacial score (nSPS) is 10.9. The highest BCUT2D eigenvalue weighted by molar-refractivity contribution is 7.17. The smallest absolute Gasteiger partial charge is 0.323 e. The zero-order chi connectivity index (χ0) is 18.1. The Kier molecular flexibility index (Phi) is 4.10. The maximum Gasteiger partial charge on any atom is 0.323 e. The number of aliphatic carboxylic acids is 1. The minimum atomic E-state index is -1.07. The molecule has 0 aliphatic carbocycles. The summed E-state index contributed by atoms with van der Waals surface area (Å²) >= 11 is 1.38. The van der Waals surface area contributed by atoms with Crippen LogP contribution in [0.15, 0.2) is 71.1 Å². The van der Waals surface area contributed by atoms with Crippen molar-refractivity contribution in [1.29, 1.82) is 0 Å². The Hall–Kier alpha value is -3.25. The van der Waals surface area contributed by atoms with E-state index in [1.54, 1.807) is 0 Å². The first-order chi connectivity index (χ1) is 12.6. The van der Waals surface area contributed by atoms with E-state index in [1.165, 1.54) is 17.7 Å². The van der Waals surface area contributed by atoms with Gasteiger partial charge in [-0.05, 0) is 16.7 Å². The van der Waals surface area contributed by atoms with Crippen molar-refractivity contribution in [3.05, 3.63) is 76.7 Å². The molecule has 26 heavy (non-hydrogen) atoms. The molecular weight excluding hydrogens is 348 g/mol. The molecule has 2 heterocycles. The average molecular weight is 362 g/mol. The summed E-state index contributed by atoms with van der Waals surface area (Å²) in [5.41, 5.74) is 3.57. The topological polar surface area (TPSA) is 72.2 Å². The van der Waals surface area contributed by atoms with Gasteiger partial charge in [0.05, 0.1) is 11.7 Å². The molecule has 2 aromatic heterocycles. The van der Waals surface area contributed by atoms with Gasteiger partial charge in [-0.1, -0.05) is 54.6 Å². The summed E-state index contributed by atoms with van der Waals surface area (Å²) in [5.74, 6) is -1.07. The molecule has 0 fully saturated rings. The average Bonchev–Trinajstić information content (AvgIpc) is 3.09. The van der Waals surface area contributed by atoms with E-state index in [2.05, 4.69) is 4.98 Å². The van der Waals surface area contributed by atoms with Crippen molar-refractivity contribution in [2.45, 2.75) is 6.54 Å². The van der Waals surface area contributed by atoms with Crippen molar-refractivity contribution in [2.24, 2.45) is 0 Å². The number of carboxylic acid groups (broad SMARTS) is 1. The highest BCUT2D eigenvalue weighted by atomic mass is 32.1. The number of fused-ring (bicyclic) bond motifs is 1. The molecule has 0 aliphatic heterocycles. The van der Waals surface area contributed by atoms with Crippen LogP contribution in [0.3, 0.4) is 0 Å². The number of hydrogen-bond acceptors (Lipinski definition) is 4. The molecule has 6 heteroatoms. The quantitative estimate of drug-likeness (QED) is 0.598. The molecule has 0 spiro atoms. The number of carboxylic acids is 1. The maximum absolute atomic E-state index is 12.7. The molecule has 0 aliphatic rings. The molecule has 0 radical (unpaired) electrons. The summed E-state index contributed by atoms with van der Waals surface area (Å²) in [5, 5.41) is 11.3. The fourth-order valence-corrected chi connectivity index (χ4v) is 3.82. The lowest BCUT2D eigenvalue weighted by molar-refractivity contribution is -0.137. The molecule has 0 saturated heterocycles. The summed E-state index contributed by atoms with van der Waals surface area (Å²) < 4.78 is 1.12. The third-order valence-electron chi connectivity index (χ3n) is 4.17. The summed E-state index contributed by atoms with van der Waals surface area (Å²) in [7, 11) is 0. The van der Waals surface area contributed by atoms with Crippen LogP contribution in [0.1, 0.15) is 0 Å². The van der Waals surface area contributed by atoms with Gasteiger partial charge in [0.2, 0.25) is 0 Å². The van der Waals surface area contributed by atoms with Gasteiger partial charge in [-0.3, -0.25) is 14.2 Å². The van der Waals surface area contributed by atoms with Crippen LogP contribution in [-0.2, 0) is 11.3 Å². The van der Waals surface area contributed by atoms with Gasteiger partial charge in [0.1, 0.15) is 11.4 Å². The SMILES string of the molecule is O=C(O)Cn1cnc2scc(-c3ccc(-c4ccccc4)cc3)c2c1=O. The van der Waals surface area contributed by atoms with E-state index in [0.717, 1.165) is 26.8 Å². The van der Waals surface area contributed by atoms with Crippen LogP contribution < -0.4 is 5.56 Å². The van der Waals surface area contributed by atoms with Gasteiger partial charge in [-0.15, -0.1) is 11.3 Å². The van der Waals surface area contributed by atoms with Gasteiger partial charge >= 0.3 is 5.97 Å². The van der Waals surface area contributed by atoms with E-state index in [4.69, 9.17) is 5.11 Å². The third-order valence-corrected chi connectivity index (χ3v) is 5.06. The van der Waals surface area contributed by atoms with Crippen LogP contribution >= 0.6 is 11.3 Å². The number of rotatable bonds is 4. The zero-order valence-corrected chi connectivity index (χ0v) is 14.4. The van der Waals surface area contributed by atoms with Crippen LogP contribution in [0.2, 0.25) is 0 Å². The van der Waals surface area contributed by atoms with Crippen LogP contribution in [-0.4, -0.2) is 20.6 Å². The molecule has 4 rings (SSSR count). The summed E-state index contributed by atoms with van der Waals surface area (Å²) in [6.45, 7) is -0.399. The maximum atomic E-state index is 12.7. The van der Waals surface area contributed by atoms with Crippen molar-refractivity contribution in [2.75, 3.05) is 0 Å². The fourth-order valence-electron chi connectivity index (χ4n) is 2.91. The van der Waals surface area contributed by atoms with E-state index in [1.807, 2.05) is 60.0 Å². The Morgan fingerprint density at radius 1 is 1.00 bits per heavy atom. The predicted octanol–water partition coefficient (Wildman–Crippen LogP) is 3.88. The summed E-state index contributed by atoms with van der Waals surface area (Å²) in [6, 6.07) is 18.0. The molecule has 0 saturated carbocycles. The number of thiophene rings is 1. The lowest BCUT2D eigenvalue weighted by atomic mass is 10.0. The van der Waals surface area contributed by atoms with Crippen molar-refractivity contribution in [3.63, 3.8) is 0 Å². The van der Waals surface area contributed by atoms with Crippen LogP contribution in [0.25, 0.3) is 32.5 Å². The lowest BCUT2D eigenvalue weighted by Gasteiger charge is -2.05. The predicted molar refractivity (Wildman–Crippen MR) is 102 cm³/mol. The van der Waals surface area contributed by atoms with Crippen LogP contribution in [0.5, 0.6) is 0 Å². The Labute approximate surface area is 152 Å². The second-order valence-electron chi connectivity index (χ2n) is 5.84. The fraction of sp³-hybridized carbons (Fsp3) is 0.0500. The van der Waals surface area contributed by atoms with Crippen molar-refractivity contribution in [3.8, 4) is 22.3 Å². The van der Waals surface area contributed by atoms with E-state index in [9.17, 15) is 9.59 Å². The minimum absolute atomic E-state index is 0.333. The number of benzene rings is 2.